The van der Waals surface area contributed by atoms with Crippen LogP contribution in [0.2, 0.25) is 0 Å². The number of carbonyl (C=O) groups excluding carboxylic acids is 1. The summed E-state index contributed by atoms with van der Waals surface area (Å²) in [5.41, 5.74) is 1.16. The summed E-state index contributed by atoms with van der Waals surface area (Å²) in [4.78, 5) is 21.0. The third-order valence-electron chi connectivity index (χ3n) is 2.86. The summed E-state index contributed by atoms with van der Waals surface area (Å²) in [5.74, 6) is 0.966. The Morgan fingerprint density at radius 2 is 2.05 bits per heavy atom. The number of nitro benzene ring substituents is 1. The van der Waals surface area contributed by atoms with Crippen LogP contribution in [0.25, 0.3) is 0 Å². The van der Waals surface area contributed by atoms with Gasteiger partial charge < -0.3 is 9.47 Å². The van der Waals surface area contributed by atoms with Gasteiger partial charge in [0.2, 0.25) is 0 Å². The number of nitrogens with zero attached hydrogens (tertiary/aromatic N) is 1. The first-order chi connectivity index (χ1) is 10.1. The van der Waals surface area contributed by atoms with E-state index in [9.17, 15) is 14.9 Å². The van der Waals surface area contributed by atoms with Crippen LogP contribution in [0.4, 0.5) is 5.69 Å². The third-order valence-corrected chi connectivity index (χ3v) is 2.86. The van der Waals surface area contributed by atoms with Gasteiger partial charge in [-0.05, 0) is 24.3 Å². The van der Waals surface area contributed by atoms with Crippen molar-refractivity contribution in [3.05, 3.63) is 63.7 Å². The zero-order chi connectivity index (χ0) is 15.2. The van der Waals surface area contributed by atoms with Gasteiger partial charge in [-0.25, -0.2) is 0 Å². The summed E-state index contributed by atoms with van der Waals surface area (Å²) in [5, 5.41) is 10.7. The molecule has 2 aromatic rings. The largest absolute Gasteiger partial charge is 0.496 e. The lowest BCUT2D eigenvalue weighted by atomic mass is 10.1. The summed E-state index contributed by atoms with van der Waals surface area (Å²) in [6, 6.07) is 10.9. The Bertz CT molecular complexity index is 669. The Balaban J connectivity index is 2.17. The van der Waals surface area contributed by atoms with Crippen molar-refractivity contribution in [3.8, 4) is 11.5 Å². The monoisotopic (exact) mass is 287 g/mol. The van der Waals surface area contributed by atoms with Crippen LogP contribution in [0.1, 0.15) is 15.9 Å². The van der Waals surface area contributed by atoms with E-state index in [0.29, 0.717) is 22.6 Å². The Morgan fingerprint density at radius 3 is 2.71 bits per heavy atom. The van der Waals surface area contributed by atoms with E-state index in [1.54, 1.807) is 30.3 Å². The molecule has 6 heteroatoms. The zero-order valence-electron chi connectivity index (χ0n) is 11.3. The van der Waals surface area contributed by atoms with Gasteiger partial charge in [0, 0.05) is 17.2 Å². The molecule has 6 nitrogen and oxygen atoms in total. The highest BCUT2D eigenvalue weighted by molar-refractivity contribution is 5.75. The first kappa shape index (κ1) is 14.5. The third kappa shape index (κ3) is 3.56. The second kappa shape index (κ2) is 6.51. The smallest absolute Gasteiger partial charge is 0.273 e. The number of benzene rings is 2. The van der Waals surface area contributed by atoms with E-state index >= 15 is 0 Å². The molecule has 0 aromatic heterocycles. The standard InChI is InChI=1S/C15H13NO5/c1-20-15-6-5-11(9-17)7-12(15)10-21-14-4-2-3-13(8-14)16(18)19/h2-9H,10H2,1H3. The van der Waals surface area contributed by atoms with Crippen LogP contribution in [0.15, 0.2) is 42.5 Å². The lowest BCUT2D eigenvalue weighted by Gasteiger charge is -2.10. The molecule has 0 saturated carbocycles. The van der Waals surface area contributed by atoms with Crippen LogP contribution in [-0.2, 0) is 6.61 Å². The average Bonchev–Trinajstić information content (AvgIpc) is 2.52. The Labute approximate surface area is 121 Å². The molecule has 0 spiro atoms. The summed E-state index contributed by atoms with van der Waals surface area (Å²) >= 11 is 0. The number of methoxy groups -OCH3 is 1. The van der Waals surface area contributed by atoms with E-state index in [1.165, 1.54) is 19.2 Å². The molecular formula is C15H13NO5. The fourth-order valence-corrected chi connectivity index (χ4v) is 1.83. The predicted octanol–water partition coefficient (Wildman–Crippen LogP) is 2.99. The van der Waals surface area contributed by atoms with Gasteiger partial charge in [0.25, 0.3) is 5.69 Å². The Hall–Kier alpha value is -2.89. The maximum absolute atomic E-state index is 10.8. The van der Waals surface area contributed by atoms with Gasteiger partial charge in [0.1, 0.15) is 24.4 Å². The summed E-state index contributed by atoms with van der Waals surface area (Å²) < 4.78 is 10.7. The van der Waals surface area contributed by atoms with Gasteiger partial charge in [-0.3, -0.25) is 14.9 Å². The molecule has 0 aliphatic heterocycles. The van der Waals surface area contributed by atoms with E-state index in [1.807, 2.05) is 0 Å². The van der Waals surface area contributed by atoms with Crippen molar-refractivity contribution >= 4 is 12.0 Å². The number of rotatable bonds is 6. The zero-order valence-corrected chi connectivity index (χ0v) is 11.3. The molecule has 0 aliphatic carbocycles. The Morgan fingerprint density at radius 1 is 1.24 bits per heavy atom. The van der Waals surface area contributed by atoms with Gasteiger partial charge in [-0.2, -0.15) is 0 Å². The maximum Gasteiger partial charge on any atom is 0.273 e. The minimum atomic E-state index is -0.486. The van der Waals surface area contributed by atoms with Crippen molar-refractivity contribution in [1.82, 2.24) is 0 Å². The highest BCUT2D eigenvalue weighted by Crippen LogP contribution is 2.24. The molecule has 0 bridgehead atoms. The predicted molar refractivity (Wildman–Crippen MR) is 75.8 cm³/mol. The van der Waals surface area contributed by atoms with E-state index in [2.05, 4.69) is 0 Å². The maximum atomic E-state index is 10.8. The number of ether oxygens (including phenoxy) is 2. The van der Waals surface area contributed by atoms with E-state index in [-0.39, 0.29) is 12.3 Å². The summed E-state index contributed by atoms with van der Waals surface area (Å²) in [6.07, 6.45) is 0.732. The van der Waals surface area contributed by atoms with Crippen LogP contribution in [0, 0.1) is 10.1 Å². The van der Waals surface area contributed by atoms with Crippen LogP contribution in [0.5, 0.6) is 11.5 Å². The van der Waals surface area contributed by atoms with Gasteiger partial charge in [-0.1, -0.05) is 6.07 Å². The number of nitro groups is 1. The molecule has 2 aromatic carbocycles. The molecule has 21 heavy (non-hydrogen) atoms. The van der Waals surface area contributed by atoms with Gasteiger partial charge >= 0.3 is 0 Å². The molecule has 2 rings (SSSR count). The highest BCUT2D eigenvalue weighted by atomic mass is 16.6. The number of carbonyl (C=O) groups is 1. The molecule has 0 saturated heterocycles. The van der Waals surface area contributed by atoms with Gasteiger partial charge in [0.05, 0.1) is 18.1 Å². The van der Waals surface area contributed by atoms with Crippen LogP contribution < -0.4 is 9.47 Å². The first-order valence-corrected chi connectivity index (χ1v) is 6.13. The van der Waals surface area contributed by atoms with Crippen LogP contribution >= 0.6 is 0 Å². The van der Waals surface area contributed by atoms with E-state index in [0.717, 1.165) is 6.29 Å². The quantitative estimate of drug-likeness (QED) is 0.463. The van der Waals surface area contributed by atoms with E-state index in [4.69, 9.17) is 9.47 Å². The van der Waals surface area contributed by atoms with Crippen molar-refractivity contribution in [3.63, 3.8) is 0 Å². The summed E-state index contributed by atoms with van der Waals surface area (Å²) in [7, 11) is 1.52. The van der Waals surface area contributed by atoms with Gasteiger partial charge in [-0.15, -0.1) is 0 Å². The topological polar surface area (TPSA) is 78.7 Å². The summed E-state index contributed by atoms with van der Waals surface area (Å²) in [6.45, 7) is 0.145. The number of non-ortho nitro benzene ring substituents is 1. The second-order valence-electron chi connectivity index (χ2n) is 4.23. The van der Waals surface area contributed by atoms with Gasteiger partial charge in [0.15, 0.2) is 0 Å². The second-order valence-corrected chi connectivity index (χ2v) is 4.23. The lowest BCUT2D eigenvalue weighted by Crippen LogP contribution is -2.00. The SMILES string of the molecule is COc1ccc(C=O)cc1COc1cccc([N+](=O)[O-])c1. The molecule has 0 fully saturated rings. The normalized spacial score (nSPS) is 9.95. The molecule has 0 heterocycles. The van der Waals surface area contributed by atoms with Crippen molar-refractivity contribution in [1.29, 1.82) is 0 Å². The highest BCUT2D eigenvalue weighted by Gasteiger charge is 2.09. The molecule has 0 N–H and O–H groups in total. The molecule has 0 amide bonds. The van der Waals surface area contributed by atoms with Crippen molar-refractivity contribution in [2.45, 2.75) is 6.61 Å². The van der Waals surface area contributed by atoms with Crippen molar-refractivity contribution < 1.29 is 19.2 Å². The minimum absolute atomic E-state index is 0.0406. The number of aldehydes is 1. The minimum Gasteiger partial charge on any atom is -0.496 e. The molecular weight excluding hydrogens is 274 g/mol. The average molecular weight is 287 g/mol. The lowest BCUT2D eigenvalue weighted by molar-refractivity contribution is -0.384. The van der Waals surface area contributed by atoms with Crippen LogP contribution in [0.3, 0.4) is 0 Å². The number of hydrogen-bond acceptors (Lipinski definition) is 5. The molecule has 108 valence electrons. The molecule has 0 unspecified atom stereocenters. The number of hydrogen-bond donors (Lipinski definition) is 0. The van der Waals surface area contributed by atoms with Crippen LogP contribution in [-0.4, -0.2) is 18.3 Å². The molecule has 0 atom stereocenters. The van der Waals surface area contributed by atoms with Crippen molar-refractivity contribution in [2.24, 2.45) is 0 Å². The first-order valence-electron chi connectivity index (χ1n) is 6.13. The fraction of sp³-hybridized carbons (Fsp3) is 0.133. The molecule has 0 radical (unpaired) electrons. The molecule has 0 aliphatic rings. The fourth-order valence-electron chi connectivity index (χ4n) is 1.83. The van der Waals surface area contributed by atoms with E-state index < -0.39 is 4.92 Å². The Kier molecular flexibility index (Phi) is 4.50. The van der Waals surface area contributed by atoms with Crippen molar-refractivity contribution in [2.75, 3.05) is 7.11 Å².